The molecule has 0 aliphatic carbocycles. The Morgan fingerprint density at radius 1 is 0.370 bits per heavy atom. The molecule has 0 aromatic heterocycles. The van der Waals surface area contributed by atoms with Crippen LogP contribution in [0.15, 0.2) is 0 Å². The van der Waals surface area contributed by atoms with Crippen LogP contribution in [0, 0.1) is 0 Å². The van der Waals surface area contributed by atoms with E-state index in [1.54, 1.807) is 0 Å². The molecule has 0 aromatic carbocycles. The summed E-state index contributed by atoms with van der Waals surface area (Å²) in [6, 6.07) is 0. The molecule has 0 fully saturated rings. The molecule has 0 amide bonds. The molecule has 0 spiro atoms. The molecular weight excluding hydrogens is 346 g/mol. The highest BCUT2D eigenvalue weighted by molar-refractivity contribution is 7.37. The van der Waals surface area contributed by atoms with E-state index in [0.717, 1.165) is 0 Å². The fourth-order valence-corrected chi connectivity index (χ4v) is 4.16. The molecule has 0 unspecified atom stereocenters. The third-order valence-corrected chi connectivity index (χ3v) is 6.15. The van der Waals surface area contributed by atoms with E-state index >= 15 is 0 Å². The molecule has 0 saturated heterocycles. The van der Waals surface area contributed by atoms with E-state index in [9.17, 15) is 0 Å². The molecule has 0 N–H and O–H groups in total. The molecule has 0 saturated carbocycles. The zero-order valence-corrected chi connectivity index (χ0v) is 20.6. The van der Waals surface area contributed by atoms with Crippen LogP contribution < -0.4 is 0 Å². The number of hydrogen-bond acceptors (Lipinski definition) is 1. The second-order valence-corrected chi connectivity index (χ2v) is 9.09. The Hall–Kier alpha value is 0.310. The molecule has 0 rings (SSSR count). The molecule has 0 radical (unpaired) electrons. The van der Waals surface area contributed by atoms with Crippen molar-refractivity contribution in [2.45, 2.75) is 136 Å². The summed E-state index contributed by atoms with van der Waals surface area (Å²) in [5.41, 5.74) is 0. The maximum Gasteiger partial charge on any atom is 0.0784 e. The molecule has 0 aromatic rings. The van der Waals surface area contributed by atoms with Crippen molar-refractivity contribution >= 4 is 13.5 Å². The van der Waals surface area contributed by atoms with Crippen molar-refractivity contribution in [3.8, 4) is 0 Å². The Labute approximate surface area is 181 Å². The first-order chi connectivity index (χ1) is 12.7. The van der Waals surface area contributed by atoms with Gasteiger partial charge >= 0.3 is 0 Å². The summed E-state index contributed by atoms with van der Waals surface area (Å²) in [6.07, 6.45) is 25.9. The minimum absolute atomic E-state index is 0. The summed E-state index contributed by atoms with van der Waals surface area (Å²) in [4.78, 5) is 0. The molecule has 2 heteroatoms. The average Bonchev–Trinajstić information content (AvgIpc) is 2.64. The smallest absolute Gasteiger partial charge is 0.0784 e. The van der Waals surface area contributed by atoms with Crippen LogP contribution in [0.1, 0.15) is 136 Å². The van der Waals surface area contributed by atoms with Crippen molar-refractivity contribution in [2.24, 2.45) is 0 Å². The molecule has 0 atom stereocenters. The van der Waals surface area contributed by atoms with E-state index in [4.69, 9.17) is 0 Å². The average molecular weight is 402 g/mol. The van der Waals surface area contributed by atoms with Crippen LogP contribution >= 0.6 is 0 Å². The Morgan fingerprint density at radius 3 is 0.852 bits per heavy atom. The quantitative estimate of drug-likeness (QED) is 0.0807. The monoisotopic (exact) mass is 401 g/mol. The number of rotatable bonds is 21. The number of unbranched alkanes of at least 4 members (excludes halogenated alkanes) is 15. The zero-order chi connectivity index (χ0) is 19.3. The normalized spacial score (nSPS) is 11.6. The Morgan fingerprint density at radius 2 is 0.593 bits per heavy atom. The number of thiol groups is 1. The zero-order valence-electron chi connectivity index (χ0n) is 19.7. The molecule has 1 nitrogen and oxygen atoms in total. The van der Waals surface area contributed by atoms with Crippen LogP contribution in [0.4, 0.5) is 0 Å². The van der Waals surface area contributed by atoms with Crippen LogP contribution in [0.3, 0.4) is 0 Å². The van der Waals surface area contributed by atoms with Crippen LogP contribution in [0.5, 0.6) is 0 Å². The van der Waals surface area contributed by atoms with Gasteiger partial charge in [-0.3, -0.25) is 0 Å². The second kappa shape index (κ2) is 22.6. The number of nitrogens with zero attached hydrogens (tertiary/aromatic N) is 1. The van der Waals surface area contributed by atoms with Gasteiger partial charge in [-0.25, -0.2) is 0 Å². The van der Waals surface area contributed by atoms with Gasteiger partial charge in [0.15, 0.2) is 0 Å². The van der Waals surface area contributed by atoms with Crippen molar-refractivity contribution in [2.75, 3.05) is 26.7 Å². The highest BCUT2D eigenvalue weighted by Gasteiger charge is 2.20. The predicted octanol–water partition coefficient (Wildman–Crippen LogP) is 8.24. The first kappa shape index (κ1) is 29.5. The fourth-order valence-electron chi connectivity index (χ4n) is 4.16. The van der Waals surface area contributed by atoms with Crippen molar-refractivity contribution in [1.82, 2.24) is 0 Å². The lowest BCUT2D eigenvalue weighted by atomic mass is 10.1. The maximum atomic E-state index is 2.56. The summed E-state index contributed by atoms with van der Waals surface area (Å²) in [7, 11) is 2.56. The summed E-state index contributed by atoms with van der Waals surface area (Å²) in [6.45, 7) is 11.2. The molecule has 0 aliphatic heterocycles. The van der Waals surface area contributed by atoms with Gasteiger partial charge in [-0.1, -0.05) is 97.8 Å². The van der Waals surface area contributed by atoms with Crippen LogP contribution in [-0.2, 0) is 13.5 Å². The Kier molecular flexibility index (Phi) is 24.7. The van der Waals surface area contributed by atoms with Gasteiger partial charge in [0.25, 0.3) is 0 Å². The minimum atomic E-state index is 0. The lowest BCUT2D eigenvalue weighted by molar-refractivity contribution is -0.910. The molecular formula is C25H55NS. The molecule has 166 valence electrons. The minimum Gasteiger partial charge on any atom is -0.813 e. The molecule has 0 heterocycles. The van der Waals surface area contributed by atoms with Crippen molar-refractivity contribution in [1.29, 1.82) is 0 Å². The topological polar surface area (TPSA) is 0 Å². The van der Waals surface area contributed by atoms with Gasteiger partial charge in [0, 0.05) is 0 Å². The van der Waals surface area contributed by atoms with Gasteiger partial charge in [0.2, 0.25) is 0 Å². The SMILES string of the molecule is CCCCCCCC[N+](C)(CCCCCCCC)CCCCCCCC.[SH-]. The summed E-state index contributed by atoms with van der Waals surface area (Å²) in [5, 5.41) is 0. The Balaban J connectivity index is 0. The van der Waals surface area contributed by atoms with Gasteiger partial charge in [-0.2, -0.15) is 0 Å². The summed E-state index contributed by atoms with van der Waals surface area (Å²) >= 11 is 0. The van der Waals surface area contributed by atoms with E-state index in [-0.39, 0.29) is 13.5 Å². The highest BCUT2D eigenvalue weighted by atomic mass is 32.1. The maximum absolute atomic E-state index is 2.56. The van der Waals surface area contributed by atoms with Crippen molar-refractivity contribution in [3.63, 3.8) is 0 Å². The van der Waals surface area contributed by atoms with Crippen molar-refractivity contribution < 1.29 is 4.48 Å². The first-order valence-corrected chi connectivity index (χ1v) is 12.5. The van der Waals surface area contributed by atoms with E-state index in [1.807, 2.05) is 0 Å². The van der Waals surface area contributed by atoms with Gasteiger partial charge in [-0.05, 0) is 38.5 Å². The fraction of sp³-hybridized carbons (Fsp3) is 1.00. The largest absolute Gasteiger partial charge is 0.813 e. The third kappa shape index (κ3) is 20.8. The lowest BCUT2D eigenvalue weighted by Gasteiger charge is -2.35. The highest BCUT2D eigenvalue weighted by Crippen LogP contribution is 2.16. The lowest BCUT2D eigenvalue weighted by Crippen LogP contribution is -2.46. The second-order valence-electron chi connectivity index (χ2n) is 9.09. The molecule has 0 aliphatic rings. The van der Waals surface area contributed by atoms with Gasteiger partial charge in [0.05, 0.1) is 26.7 Å². The van der Waals surface area contributed by atoms with Crippen LogP contribution in [0.2, 0.25) is 0 Å². The molecule has 0 bridgehead atoms. The van der Waals surface area contributed by atoms with Gasteiger partial charge in [0.1, 0.15) is 0 Å². The van der Waals surface area contributed by atoms with Gasteiger partial charge < -0.3 is 18.0 Å². The Bertz CT molecular complexity index is 226. The first-order valence-electron chi connectivity index (χ1n) is 12.5. The van der Waals surface area contributed by atoms with E-state index in [2.05, 4.69) is 27.8 Å². The van der Waals surface area contributed by atoms with E-state index < -0.39 is 0 Å². The predicted molar refractivity (Wildman–Crippen MR) is 130 cm³/mol. The number of quaternary nitrogens is 1. The number of hydrogen-bond donors (Lipinski definition) is 0. The molecule has 27 heavy (non-hydrogen) atoms. The van der Waals surface area contributed by atoms with Crippen molar-refractivity contribution in [3.05, 3.63) is 0 Å². The van der Waals surface area contributed by atoms with Gasteiger partial charge in [-0.15, -0.1) is 0 Å². The standard InChI is InChI=1S/C25H54N.H2S/c1-5-8-11-14-17-20-23-26(4,24-21-18-15-12-9-6-2)25-22-19-16-13-10-7-3;/h5-25H2,1-4H3;1H2/q+1;/p-1. The summed E-state index contributed by atoms with van der Waals surface area (Å²) < 4.78 is 1.36. The summed E-state index contributed by atoms with van der Waals surface area (Å²) in [5.74, 6) is 0. The third-order valence-electron chi connectivity index (χ3n) is 6.15. The van der Waals surface area contributed by atoms with Crippen LogP contribution in [-0.4, -0.2) is 31.2 Å². The van der Waals surface area contributed by atoms with E-state index in [1.165, 1.54) is 140 Å². The van der Waals surface area contributed by atoms with E-state index in [0.29, 0.717) is 0 Å². The van der Waals surface area contributed by atoms with Crippen LogP contribution in [0.25, 0.3) is 0 Å².